The van der Waals surface area contributed by atoms with Crippen molar-refractivity contribution >= 4 is 11.6 Å². The number of hydrogen-bond acceptors (Lipinski definition) is 0. The molecule has 2 heteroatoms. The van der Waals surface area contributed by atoms with Crippen LogP contribution in [0.15, 0.2) is 24.0 Å². The molecule has 0 spiro atoms. The lowest BCUT2D eigenvalue weighted by molar-refractivity contribution is 0.721. The third kappa shape index (κ3) is 3.70. The maximum absolute atomic E-state index is 10.9. The summed E-state index contributed by atoms with van der Waals surface area (Å²) >= 11 is 4.98. The molecule has 0 radical (unpaired) electrons. The van der Waals surface area contributed by atoms with Crippen LogP contribution in [0.2, 0.25) is 0 Å². The second-order valence-corrected chi connectivity index (χ2v) is 0.889. The third-order valence-corrected chi connectivity index (χ3v) is 0.402. The molecule has 0 saturated heterocycles. The second-order valence-electron chi connectivity index (χ2n) is 0.637. The smallest absolute Gasteiger partial charge is 0.0867 e. The second kappa shape index (κ2) is 4.70. The summed E-state index contributed by atoms with van der Waals surface area (Å²) in [7, 11) is 0. The van der Waals surface area contributed by atoms with Crippen LogP contribution in [0.5, 0.6) is 0 Å². The monoisotopic (exact) mass is 106 g/mol. The Hall–Kier alpha value is -0.300. The van der Waals surface area contributed by atoms with E-state index in [2.05, 4.69) is 0 Å². The summed E-state index contributed by atoms with van der Waals surface area (Å²) in [4.78, 5) is 0. The molecular formula is C4H4ClF. The van der Waals surface area contributed by atoms with E-state index in [0.29, 0.717) is 6.33 Å². The van der Waals surface area contributed by atoms with Crippen LogP contribution >= 0.6 is 11.6 Å². The van der Waals surface area contributed by atoms with Crippen molar-refractivity contribution in [2.24, 2.45) is 0 Å². The van der Waals surface area contributed by atoms with E-state index in [-0.39, 0.29) is 0 Å². The van der Waals surface area contributed by atoms with Crippen LogP contribution in [0.1, 0.15) is 0 Å². The van der Waals surface area contributed by atoms with Crippen molar-refractivity contribution in [3.63, 3.8) is 0 Å². The molecule has 0 N–H and O–H groups in total. The molecule has 0 heterocycles. The van der Waals surface area contributed by atoms with Gasteiger partial charge in [-0.2, -0.15) is 0 Å². The fourth-order valence-corrected chi connectivity index (χ4v) is 0.168. The van der Waals surface area contributed by atoms with Crippen LogP contribution in [0.25, 0.3) is 0 Å². The predicted octanol–water partition coefficient (Wildman–Crippen LogP) is 2.22. The topological polar surface area (TPSA) is 0 Å². The van der Waals surface area contributed by atoms with Gasteiger partial charge in [0.05, 0.1) is 6.33 Å². The maximum Gasteiger partial charge on any atom is 0.0867 e. The van der Waals surface area contributed by atoms with E-state index in [1.165, 1.54) is 17.7 Å². The van der Waals surface area contributed by atoms with Crippen LogP contribution in [0.3, 0.4) is 0 Å². The largest absolute Gasteiger partial charge is 0.216 e. The Labute approximate surface area is 40.9 Å². The van der Waals surface area contributed by atoms with E-state index >= 15 is 0 Å². The average Bonchev–Trinajstić information content (AvgIpc) is 1.61. The quantitative estimate of drug-likeness (QED) is 0.450. The van der Waals surface area contributed by atoms with Crippen molar-refractivity contribution in [1.82, 2.24) is 0 Å². The minimum Gasteiger partial charge on any atom is -0.216 e. The molecule has 0 aromatic carbocycles. The average molecular weight is 107 g/mol. The van der Waals surface area contributed by atoms with Gasteiger partial charge in [-0.05, 0) is 12.2 Å². The van der Waals surface area contributed by atoms with Gasteiger partial charge in [0.1, 0.15) is 0 Å². The van der Waals surface area contributed by atoms with E-state index < -0.39 is 0 Å². The molecule has 0 fully saturated rings. The fraction of sp³-hybridized carbons (Fsp3) is 0. The van der Waals surface area contributed by atoms with Gasteiger partial charge in [0, 0.05) is 5.54 Å². The lowest BCUT2D eigenvalue weighted by Gasteiger charge is -1.58. The number of hydrogen-bond donors (Lipinski definition) is 0. The summed E-state index contributed by atoms with van der Waals surface area (Å²) in [5, 5.41) is 0. The zero-order valence-electron chi connectivity index (χ0n) is 3.07. The Kier molecular flexibility index (Phi) is 4.47. The lowest BCUT2D eigenvalue weighted by Crippen LogP contribution is -1.35. The minimum absolute atomic E-state index is 0.416. The van der Waals surface area contributed by atoms with E-state index in [1.54, 1.807) is 0 Å². The summed E-state index contributed by atoms with van der Waals surface area (Å²) in [5.74, 6) is 0. The van der Waals surface area contributed by atoms with E-state index in [4.69, 9.17) is 11.6 Å². The molecule has 0 saturated carbocycles. The van der Waals surface area contributed by atoms with Crippen LogP contribution < -0.4 is 0 Å². The van der Waals surface area contributed by atoms with E-state index in [1.807, 2.05) is 0 Å². The molecule has 0 aliphatic heterocycles. The third-order valence-electron chi connectivity index (χ3n) is 0.257. The Balaban J connectivity index is 3.07. The molecule has 0 aliphatic rings. The summed E-state index contributed by atoms with van der Waals surface area (Å²) in [6.45, 7) is 0. The standard InChI is InChI=1S/C4H4ClF/c5-3-1-2-4-6/h1-4H. The zero-order valence-corrected chi connectivity index (χ0v) is 3.82. The molecule has 0 bridgehead atoms. The molecule has 0 aromatic rings. The zero-order chi connectivity index (χ0) is 4.83. The van der Waals surface area contributed by atoms with Gasteiger partial charge >= 0.3 is 0 Å². The fourth-order valence-electron chi connectivity index (χ4n) is 0.0840. The number of rotatable bonds is 1. The Morgan fingerprint density at radius 3 is 2.17 bits per heavy atom. The van der Waals surface area contributed by atoms with Crippen molar-refractivity contribution < 1.29 is 4.39 Å². The molecule has 6 heavy (non-hydrogen) atoms. The van der Waals surface area contributed by atoms with Gasteiger partial charge < -0.3 is 0 Å². The van der Waals surface area contributed by atoms with Gasteiger partial charge in [-0.15, -0.1) is 0 Å². The summed E-state index contributed by atoms with van der Waals surface area (Å²) in [6.07, 6.45) is 3.01. The van der Waals surface area contributed by atoms with Crippen molar-refractivity contribution in [2.45, 2.75) is 0 Å². The first kappa shape index (κ1) is 5.70. The van der Waals surface area contributed by atoms with Gasteiger partial charge in [0.15, 0.2) is 0 Å². The van der Waals surface area contributed by atoms with Crippen molar-refractivity contribution in [3.05, 3.63) is 24.0 Å². The van der Waals surface area contributed by atoms with Crippen molar-refractivity contribution in [1.29, 1.82) is 0 Å². The number of allylic oxidation sites excluding steroid dienone is 2. The predicted molar refractivity (Wildman–Crippen MR) is 25.2 cm³/mol. The van der Waals surface area contributed by atoms with Crippen LogP contribution in [-0.2, 0) is 0 Å². The Morgan fingerprint density at radius 2 is 2.00 bits per heavy atom. The lowest BCUT2D eigenvalue weighted by atomic mass is 10.6. The van der Waals surface area contributed by atoms with Gasteiger partial charge in [0.2, 0.25) is 0 Å². The normalized spacial score (nSPS) is 11.7. The van der Waals surface area contributed by atoms with Gasteiger partial charge in [-0.3, -0.25) is 0 Å². The van der Waals surface area contributed by atoms with Crippen molar-refractivity contribution in [2.75, 3.05) is 0 Å². The first-order valence-corrected chi connectivity index (χ1v) is 1.87. The Morgan fingerprint density at radius 1 is 1.33 bits per heavy atom. The van der Waals surface area contributed by atoms with Crippen LogP contribution in [-0.4, -0.2) is 0 Å². The van der Waals surface area contributed by atoms with Crippen molar-refractivity contribution in [3.8, 4) is 0 Å². The molecule has 0 nitrogen and oxygen atoms in total. The molecule has 0 atom stereocenters. The highest BCUT2D eigenvalue weighted by Crippen LogP contribution is 1.79. The highest BCUT2D eigenvalue weighted by Gasteiger charge is 1.53. The molecular weight excluding hydrogens is 102 g/mol. The van der Waals surface area contributed by atoms with Gasteiger partial charge in [-0.25, -0.2) is 4.39 Å². The SMILES string of the molecule is FC=CC=CCl. The number of halogens is 2. The molecule has 0 aliphatic carbocycles. The van der Waals surface area contributed by atoms with Crippen LogP contribution in [0, 0.1) is 0 Å². The molecule has 0 amide bonds. The maximum atomic E-state index is 10.9. The summed E-state index contributed by atoms with van der Waals surface area (Å²) in [6, 6.07) is 0. The molecule has 0 unspecified atom stereocenters. The molecule has 34 valence electrons. The van der Waals surface area contributed by atoms with E-state index in [0.717, 1.165) is 0 Å². The van der Waals surface area contributed by atoms with Gasteiger partial charge in [-0.1, -0.05) is 11.6 Å². The van der Waals surface area contributed by atoms with Gasteiger partial charge in [0.25, 0.3) is 0 Å². The highest BCUT2D eigenvalue weighted by molar-refractivity contribution is 6.25. The molecule has 0 aromatic heterocycles. The Bertz CT molecular complexity index is 55.9. The first-order chi connectivity index (χ1) is 2.91. The summed E-state index contributed by atoms with van der Waals surface area (Å²) < 4.78 is 10.9. The minimum atomic E-state index is 0.416. The van der Waals surface area contributed by atoms with Crippen LogP contribution in [0.4, 0.5) is 4.39 Å². The first-order valence-electron chi connectivity index (χ1n) is 1.44. The molecule has 0 rings (SSSR count). The summed E-state index contributed by atoms with van der Waals surface area (Å²) in [5.41, 5.74) is 1.23. The van der Waals surface area contributed by atoms with E-state index in [9.17, 15) is 4.39 Å². The highest BCUT2D eigenvalue weighted by atomic mass is 35.5.